The summed E-state index contributed by atoms with van der Waals surface area (Å²) in [6.45, 7) is 9.81. The number of pyridine rings is 1. The number of aromatic nitrogens is 1. The van der Waals surface area contributed by atoms with E-state index >= 15 is 0 Å². The predicted octanol–water partition coefficient (Wildman–Crippen LogP) is 4.71. The van der Waals surface area contributed by atoms with Gasteiger partial charge in [0.2, 0.25) is 5.91 Å². The maximum atomic E-state index is 12.9. The largest absolute Gasteiger partial charge is 0.446 e. The van der Waals surface area contributed by atoms with Crippen LogP contribution in [0.4, 0.5) is 16.3 Å². The number of carbonyl (C=O) groups excluding carboxylic acids is 2. The molecule has 7 nitrogen and oxygen atoms in total. The van der Waals surface area contributed by atoms with Gasteiger partial charge in [0.05, 0.1) is 23.5 Å². The third-order valence-electron chi connectivity index (χ3n) is 5.37. The lowest BCUT2D eigenvalue weighted by Crippen LogP contribution is -2.48. The van der Waals surface area contributed by atoms with E-state index in [9.17, 15) is 9.59 Å². The molecule has 2 aromatic rings. The summed E-state index contributed by atoms with van der Waals surface area (Å²) >= 11 is 0. The maximum Gasteiger partial charge on any atom is 0.414 e. The highest BCUT2D eigenvalue weighted by Crippen LogP contribution is 2.39. The molecule has 7 heteroatoms. The van der Waals surface area contributed by atoms with Crippen molar-refractivity contribution in [2.45, 2.75) is 72.2 Å². The van der Waals surface area contributed by atoms with Crippen LogP contribution in [-0.4, -0.2) is 29.1 Å². The highest BCUT2D eigenvalue weighted by atomic mass is 16.6. The van der Waals surface area contributed by atoms with Gasteiger partial charge in [0, 0.05) is 19.5 Å². The number of nitrogens with zero attached hydrogens (tertiary/aromatic N) is 2. The van der Waals surface area contributed by atoms with Crippen LogP contribution in [0.2, 0.25) is 0 Å². The first-order valence-corrected chi connectivity index (χ1v) is 10.9. The summed E-state index contributed by atoms with van der Waals surface area (Å²) in [4.78, 5) is 31.4. The van der Waals surface area contributed by atoms with Gasteiger partial charge in [0.1, 0.15) is 5.82 Å². The van der Waals surface area contributed by atoms with E-state index in [0.29, 0.717) is 24.3 Å². The SMILES string of the molecule is CCC1CC(NC(C)=O)c2nc(NCc3ccccc3)c(C)cc2N1C(=O)OC(C)C. The van der Waals surface area contributed by atoms with Crippen molar-refractivity contribution >= 4 is 23.5 Å². The zero-order chi connectivity index (χ0) is 22.5. The molecule has 0 aliphatic carbocycles. The highest BCUT2D eigenvalue weighted by molar-refractivity contribution is 5.91. The molecule has 3 rings (SSSR count). The van der Waals surface area contributed by atoms with Crippen LogP contribution in [0.25, 0.3) is 0 Å². The molecule has 166 valence electrons. The molecule has 2 heterocycles. The minimum Gasteiger partial charge on any atom is -0.446 e. The number of hydrogen-bond donors (Lipinski definition) is 2. The van der Waals surface area contributed by atoms with Gasteiger partial charge in [-0.1, -0.05) is 37.3 Å². The Morgan fingerprint density at radius 1 is 1.26 bits per heavy atom. The number of anilines is 2. The zero-order valence-electron chi connectivity index (χ0n) is 18.9. The summed E-state index contributed by atoms with van der Waals surface area (Å²) in [7, 11) is 0. The third kappa shape index (κ3) is 5.34. The Morgan fingerprint density at radius 3 is 2.58 bits per heavy atom. The van der Waals surface area contributed by atoms with Crippen LogP contribution in [0, 0.1) is 6.92 Å². The lowest BCUT2D eigenvalue weighted by atomic mass is 9.92. The summed E-state index contributed by atoms with van der Waals surface area (Å²) in [5.41, 5.74) is 3.45. The first-order valence-electron chi connectivity index (χ1n) is 10.9. The number of nitrogens with one attached hydrogen (secondary N) is 2. The molecule has 0 spiro atoms. The molecule has 31 heavy (non-hydrogen) atoms. The smallest absolute Gasteiger partial charge is 0.414 e. The molecular formula is C24H32N4O3. The molecule has 1 aliphatic heterocycles. The Labute approximate surface area is 184 Å². The number of ether oxygens (including phenoxy) is 1. The molecule has 1 aromatic heterocycles. The topological polar surface area (TPSA) is 83.6 Å². The van der Waals surface area contributed by atoms with Gasteiger partial charge in [-0.05, 0) is 50.8 Å². The van der Waals surface area contributed by atoms with Crippen LogP contribution in [0.3, 0.4) is 0 Å². The number of fused-ring (bicyclic) bond motifs is 1. The molecule has 2 unspecified atom stereocenters. The van der Waals surface area contributed by atoms with Gasteiger partial charge in [-0.15, -0.1) is 0 Å². The summed E-state index contributed by atoms with van der Waals surface area (Å²) in [5, 5.41) is 6.41. The van der Waals surface area contributed by atoms with Crippen LogP contribution in [-0.2, 0) is 16.1 Å². The van der Waals surface area contributed by atoms with E-state index < -0.39 is 0 Å². The summed E-state index contributed by atoms with van der Waals surface area (Å²) in [6.07, 6.45) is 0.734. The summed E-state index contributed by atoms with van der Waals surface area (Å²) in [6, 6.07) is 11.7. The molecule has 2 amide bonds. The summed E-state index contributed by atoms with van der Waals surface area (Å²) < 4.78 is 5.53. The van der Waals surface area contributed by atoms with Crippen molar-refractivity contribution in [2.24, 2.45) is 0 Å². The van der Waals surface area contributed by atoms with Crippen LogP contribution in [0.15, 0.2) is 36.4 Å². The van der Waals surface area contributed by atoms with Crippen molar-refractivity contribution in [3.8, 4) is 0 Å². The molecule has 1 aromatic carbocycles. The number of amides is 2. The molecule has 0 bridgehead atoms. The fourth-order valence-corrected chi connectivity index (χ4v) is 3.94. The predicted molar refractivity (Wildman–Crippen MR) is 122 cm³/mol. The second kappa shape index (κ2) is 9.81. The first kappa shape index (κ1) is 22.6. The number of benzene rings is 1. The molecule has 2 atom stereocenters. The number of hydrogen-bond acceptors (Lipinski definition) is 5. The standard InChI is InChI=1S/C24H32N4O3/c1-6-19-13-20(26-17(5)29)22-21(28(19)24(30)31-15(2)3)12-16(4)23(27-22)25-14-18-10-8-7-9-11-18/h7-12,15,19-20H,6,13-14H2,1-5H3,(H,25,27)(H,26,29). The average Bonchev–Trinajstić information content (AvgIpc) is 2.71. The van der Waals surface area contributed by atoms with E-state index in [1.165, 1.54) is 6.92 Å². The van der Waals surface area contributed by atoms with Crippen LogP contribution in [0.5, 0.6) is 0 Å². The van der Waals surface area contributed by atoms with E-state index in [1.807, 2.05) is 52.0 Å². The van der Waals surface area contributed by atoms with Crippen LogP contribution < -0.4 is 15.5 Å². The van der Waals surface area contributed by atoms with Crippen molar-refractivity contribution < 1.29 is 14.3 Å². The van der Waals surface area contributed by atoms with Gasteiger partial charge in [0.15, 0.2) is 0 Å². The lowest BCUT2D eigenvalue weighted by Gasteiger charge is -2.40. The zero-order valence-corrected chi connectivity index (χ0v) is 18.9. The first-order chi connectivity index (χ1) is 14.8. The maximum absolute atomic E-state index is 12.9. The molecular weight excluding hydrogens is 392 g/mol. The van der Waals surface area contributed by atoms with Crippen molar-refractivity contribution in [3.63, 3.8) is 0 Å². The molecule has 0 saturated carbocycles. The third-order valence-corrected chi connectivity index (χ3v) is 5.37. The Morgan fingerprint density at radius 2 is 1.97 bits per heavy atom. The highest BCUT2D eigenvalue weighted by Gasteiger charge is 2.38. The second-order valence-corrected chi connectivity index (χ2v) is 8.25. The van der Waals surface area contributed by atoms with Crippen molar-refractivity contribution in [3.05, 3.63) is 53.2 Å². The number of carbonyl (C=O) groups is 2. The van der Waals surface area contributed by atoms with E-state index in [1.54, 1.807) is 4.90 Å². The normalized spacial score (nSPS) is 17.8. The van der Waals surface area contributed by atoms with Crippen molar-refractivity contribution in [1.82, 2.24) is 10.3 Å². The van der Waals surface area contributed by atoms with E-state index in [0.717, 1.165) is 23.4 Å². The van der Waals surface area contributed by atoms with Gasteiger partial charge in [-0.3, -0.25) is 9.69 Å². The van der Waals surface area contributed by atoms with Crippen LogP contribution in [0.1, 0.15) is 63.4 Å². The molecule has 0 fully saturated rings. The van der Waals surface area contributed by atoms with Crippen molar-refractivity contribution in [2.75, 3.05) is 10.2 Å². The summed E-state index contributed by atoms with van der Waals surface area (Å²) in [5.74, 6) is 0.621. The number of aryl methyl sites for hydroxylation is 1. The number of rotatable bonds is 6. The fraction of sp³-hybridized carbons (Fsp3) is 0.458. The minimum absolute atomic E-state index is 0.0834. The molecule has 2 N–H and O–H groups in total. The quantitative estimate of drug-likeness (QED) is 0.701. The van der Waals surface area contributed by atoms with E-state index in [2.05, 4.69) is 22.8 Å². The van der Waals surface area contributed by atoms with Crippen molar-refractivity contribution in [1.29, 1.82) is 0 Å². The Hall–Kier alpha value is -3.09. The fourth-order valence-electron chi connectivity index (χ4n) is 3.94. The molecule has 0 saturated heterocycles. The molecule has 0 radical (unpaired) electrons. The van der Waals surface area contributed by atoms with Gasteiger partial charge in [-0.25, -0.2) is 9.78 Å². The molecule has 1 aliphatic rings. The van der Waals surface area contributed by atoms with E-state index in [4.69, 9.17) is 9.72 Å². The lowest BCUT2D eigenvalue weighted by molar-refractivity contribution is -0.119. The van der Waals surface area contributed by atoms with Gasteiger partial charge in [-0.2, -0.15) is 0 Å². The van der Waals surface area contributed by atoms with Gasteiger partial charge < -0.3 is 15.4 Å². The Bertz CT molecular complexity index is 930. The minimum atomic E-state index is -0.379. The Balaban J connectivity index is 1.99. The second-order valence-electron chi connectivity index (χ2n) is 8.25. The van der Waals surface area contributed by atoms with Gasteiger partial charge in [0.25, 0.3) is 0 Å². The van der Waals surface area contributed by atoms with E-state index in [-0.39, 0.29) is 30.2 Å². The van der Waals surface area contributed by atoms with Gasteiger partial charge >= 0.3 is 6.09 Å². The average molecular weight is 425 g/mol. The monoisotopic (exact) mass is 424 g/mol. The Kier molecular flexibility index (Phi) is 7.15. The van der Waals surface area contributed by atoms with Crippen LogP contribution >= 0.6 is 0 Å².